The quantitative estimate of drug-likeness (QED) is 0.946. The number of halogens is 3. The zero-order valence-electron chi connectivity index (χ0n) is 12.1. The predicted molar refractivity (Wildman–Crippen MR) is 74.9 cm³/mol. The molecule has 2 aromatic rings. The molecule has 0 aliphatic heterocycles. The van der Waals surface area contributed by atoms with Crippen LogP contribution in [0.25, 0.3) is 11.3 Å². The van der Waals surface area contributed by atoms with Crippen LogP contribution in [0.2, 0.25) is 0 Å². The molecule has 118 valence electrons. The number of aryl methyl sites for hydroxylation is 1. The van der Waals surface area contributed by atoms with Crippen LogP contribution in [-0.4, -0.2) is 35.0 Å². The summed E-state index contributed by atoms with van der Waals surface area (Å²) in [5.74, 6) is -1.29. The molecule has 1 N–H and O–H groups in total. The van der Waals surface area contributed by atoms with Crippen LogP contribution < -0.4 is 4.90 Å². The Morgan fingerprint density at radius 3 is 2.36 bits per heavy atom. The molecule has 8 heteroatoms. The lowest BCUT2D eigenvalue weighted by Crippen LogP contribution is -2.12. The van der Waals surface area contributed by atoms with Crippen LogP contribution in [0, 0.1) is 0 Å². The highest BCUT2D eigenvalue weighted by molar-refractivity contribution is 5.87. The lowest BCUT2D eigenvalue weighted by molar-refractivity contribution is -0.137. The lowest BCUT2D eigenvalue weighted by Gasteiger charge is -2.18. The van der Waals surface area contributed by atoms with Crippen LogP contribution in [0.4, 0.5) is 18.9 Å². The van der Waals surface area contributed by atoms with Crippen molar-refractivity contribution in [1.82, 2.24) is 9.78 Å². The molecular weight excluding hydrogens is 299 g/mol. The van der Waals surface area contributed by atoms with E-state index in [0.29, 0.717) is 5.69 Å². The summed E-state index contributed by atoms with van der Waals surface area (Å²) < 4.78 is 40.7. The van der Waals surface area contributed by atoms with Crippen LogP contribution >= 0.6 is 0 Å². The van der Waals surface area contributed by atoms with Gasteiger partial charge in [0, 0.05) is 32.4 Å². The molecule has 0 aliphatic rings. The van der Waals surface area contributed by atoms with Gasteiger partial charge < -0.3 is 10.0 Å². The fourth-order valence-corrected chi connectivity index (χ4v) is 2.09. The largest absolute Gasteiger partial charge is 0.476 e. The number of anilines is 1. The number of carboxylic acid groups (broad SMARTS) is 1. The first-order valence-corrected chi connectivity index (χ1v) is 6.27. The van der Waals surface area contributed by atoms with Crippen molar-refractivity contribution in [1.29, 1.82) is 0 Å². The van der Waals surface area contributed by atoms with E-state index in [1.54, 1.807) is 19.0 Å². The average molecular weight is 313 g/mol. The highest BCUT2D eigenvalue weighted by atomic mass is 19.4. The molecule has 0 atom stereocenters. The Hall–Kier alpha value is -2.51. The summed E-state index contributed by atoms with van der Waals surface area (Å²) in [6.45, 7) is 0. The second kappa shape index (κ2) is 5.36. The third-order valence-corrected chi connectivity index (χ3v) is 3.20. The van der Waals surface area contributed by atoms with Gasteiger partial charge in [-0.2, -0.15) is 18.3 Å². The van der Waals surface area contributed by atoms with Gasteiger partial charge in [0.05, 0.1) is 11.3 Å². The zero-order valence-corrected chi connectivity index (χ0v) is 12.1. The van der Waals surface area contributed by atoms with E-state index in [2.05, 4.69) is 5.10 Å². The summed E-state index contributed by atoms with van der Waals surface area (Å²) in [7, 11) is 4.82. The Kier molecular flexibility index (Phi) is 3.87. The molecule has 0 spiro atoms. The average Bonchev–Trinajstić information content (AvgIpc) is 2.79. The number of nitrogens with zero attached hydrogens (tertiary/aromatic N) is 3. The SMILES string of the molecule is CN(C)c1ccc(C(F)(F)F)c(-c2cc(C(=O)O)nn2C)c1. The molecule has 1 aromatic heterocycles. The Morgan fingerprint density at radius 1 is 1.27 bits per heavy atom. The minimum atomic E-state index is -4.55. The maximum Gasteiger partial charge on any atom is 0.417 e. The van der Waals surface area contributed by atoms with Crippen molar-refractivity contribution in [3.63, 3.8) is 0 Å². The Labute approximate surface area is 124 Å². The summed E-state index contributed by atoms with van der Waals surface area (Å²) in [5.41, 5.74) is -0.588. The number of carbonyl (C=O) groups is 1. The summed E-state index contributed by atoms with van der Waals surface area (Å²) in [6, 6.07) is 4.84. The number of aromatic carboxylic acids is 1. The van der Waals surface area contributed by atoms with Gasteiger partial charge >= 0.3 is 12.1 Å². The molecule has 22 heavy (non-hydrogen) atoms. The summed E-state index contributed by atoms with van der Waals surface area (Å²) in [6.07, 6.45) is -4.55. The molecule has 0 saturated heterocycles. The number of hydrogen-bond donors (Lipinski definition) is 1. The van der Waals surface area contributed by atoms with Crippen molar-refractivity contribution < 1.29 is 23.1 Å². The lowest BCUT2D eigenvalue weighted by atomic mass is 10.0. The smallest absolute Gasteiger partial charge is 0.417 e. The van der Waals surface area contributed by atoms with Crippen LogP contribution in [0.5, 0.6) is 0 Å². The molecule has 1 heterocycles. The zero-order chi connectivity index (χ0) is 16.7. The minimum Gasteiger partial charge on any atom is -0.476 e. The second-order valence-corrected chi connectivity index (χ2v) is 4.97. The standard InChI is InChI=1S/C14H14F3N3O2/c1-19(2)8-4-5-10(14(15,16)17)9(6-8)12-7-11(13(21)22)18-20(12)3/h4-7H,1-3H3,(H,21,22). The highest BCUT2D eigenvalue weighted by Crippen LogP contribution is 2.39. The first-order valence-electron chi connectivity index (χ1n) is 6.27. The highest BCUT2D eigenvalue weighted by Gasteiger charge is 2.34. The van der Waals surface area contributed by atoms with Gasteiger partial charge in [0.2, 0.25) is 0 Å². The molecule has 0 fully saturated rings. The van der Waals surface area contributed by atoms with Crippen LogP contribution in [0.15, 0.2) is 24.3 Å². The molecule has 2 rings (SSSR count). The fraction of sp³-hybridized carbons (Fsp3) is 0.286. The van der Waals surface area contributed by atoms with Crippen molar-refractivity contribution >= 4 is 11.7 Å². The van der Waals surface area contributed by atoms with Crippen molar-refractivity contribution in [2.24, 2.45) is 7.05 Å². The fourth-order valence-electron chi connectivity index (χ4n) is 2.09. The van der Waals surface area contributed by atoms with E-state index in [1.165, 1.54) is 19.2 Å². The topological polar surface area (TPSA) is 58.4 Å². The maximum absolute atomic E-state index is 13.2. The van der Waals surface area contributed by atoms with Gasteiger partial charge in [0.25, 0.3) is 0 Å². The monoisotopic (exact) mass is 313 g/mol. The number of hydrogen-bond acceptors (Lipinski definition) is 3. The van der Waals surface area contributed by atoms with Gasteiger partial charge in [-0.25, -0.2) is 4.79 Å². The number of carboxylic acids is 1. The van der Waals surface area contributed by atoms with Gasteiger partial charge in [-0.15, -0.1) is 0 Å². The van der Waals surface area contributed by atoms with Crippen LogP contribution in [0.1, 0.15) is 16.1 Å². The molecule has 0 aliphatic carbocycles. The van der Waals surface area contributed by atoms with E-state index in [9.17, 15) is 18.0 Å². The molecule has 0 unspecified atom stereocenters. The third kappa shape index (κ3) is 2.90. The third-order valence-electron chi connectivity index (χ3n) is 3.20. The van der Waals surface area contributed by atoms with Crippen molar-refractivity contribution in [3.8, 4) is 11.3 Å². The number of aromatic nitrogens is 2. The van der Waals surface area contributed by atoms with E-state index in [1.807, 2.05) is 0 Å². The number of alkyl halides is 3. The van der Waals surface area contributed by atoms with Crippen molar-refractivity contribution in [2.75, 3.05) is 19.0 Å². The Bertz CT molecular complexity index is 721. The van der Waals surface area contributed by atoms with Gasteiger partial charge in [-0.3, -0.25) is 4.68 Å². The van der Waals surface area contributed by atoms with E-state index in [-0.39, 0.29) is 17.0 Å². The number of benzene rings is 1. The molecule has 1 aromatic carbocycles. The predicted octanol–water partition coefficient (Wildman–Crippen LogP) is 2.87. The van der Waals surface area contributed by atoms with Gasteiger partial charge in [0.1, 0.15) is 0 Å². The van der Waals surface area contributed by atoms with Crippen molar-refractivity contribution in [3.05, 3.63) is 35.5 Å². The van der Waals surface area contributed by atoms with Crippen LogP contribution in [-0.2, 0) is 13.2 Å². The Morgan fingerprint density at radius 2 is 1.91 bits per heavy atom. The second-order valence-electron chi connectivity index (χ2n) is 4.97. The summed E-state index contributed by atoms with van der Waals surface area (Å²) >= 11 is 0. The summed E-state index contributed by atoms with van der Waals surface area (Å²) in [4.78, 5) is 12.6. The molecule has 0 bridgehead atoms. The first kappa shape index (κ1) is 15.9. The maximum atomic E-state index is 13.2. The molecule has 0 amide bonds. The molecule has 5 nitrogen and oxygen atoms in total. The van der Waals surface area contributed by atoms with Gasteiger partial charge in [-0.1, -0.05) is 0 Å². The van der Waals surface area contributed by atoms with E-state index in [0.717, 1.165) is 16.8 Å². The Balaban J connectivity index is 2.71. The van der Waals surface area contributed by atoms with Crippen LogP contribution in [0.3, 0.4) is 0 Å². The molecule has 0 radical (unpaired) electrons. The van der Waals surface area contributed by atoms with E-state index >= 15 is 0 Å². The normalized spacial score (nSPS) is 11.5. The first-order chi connectivity index (χ1) is 10.1. The van der Waals surface area contributed by atoms with Gasteiger partial charge in [0.15, 0.2) is 5.69 Å². The molecular formula is C14H14F3N3O2. The summed E-state index contributed by atoms with van der Waals surface area (Å²) in [5, 5.41) is 12.7. The minimum absolute atomic E-state index is 0.0911. The van der Waals surface area contributed by atoms with E-state index < -0.39 is 17.7 Å². The van der Waals surface area contributed by atoms with Crippen molar-refractivity contribution in [2.45, 2.75) is 6.18 Å². The van der Waals surface area contributed by atoms with Gasteiger partial charge in [-0.05, 0) is 24.3 Å². The number of rotatable bonds is 3. The van der Waals surface area contributed by atoms with E-state index in [4.69, 9.17) is 5.11 Å². The molecule has 0 saturated carbocycles.